The molecule has 0 spiro atoms. The molecule has 0 radical (unpaired) electrons. The van der Waals surface area contributed by atoms with E-state index in [1.54, 1.807) is 6.07 Å². The average Bonchev–Trinajstić information content (AvgIpc) is 2.47. The second-order valence-electron chi connectivity index (χ2n) is 3.49. The highest BCUT2D eigenvalue weighted by molar-refractivity contribution is 5.11. The molecule has 0 saturated heterocycles. The Morgan fingerprint density at radius 3 is 3.00 bits per heavy atom. The highest BCUT2D eigenvalue weighted by Crippen LogP contribution is 2.20. The lowest BCUT2D eigenvalue weighted by atomic mass is 9.92. The van der Waals surface area contributed by atoms with Crippen molar-refractivity contribution in [2.75, 3.05) is 0 Å². The highest BCUT2D eigenvalue weighted by atomic mass is 15.3. The zero-order valence-corrected chi connectivity index (χ0v) is 7.05. The van der Waals surface area contributed by atoms with E-state index in [4.69, 9.17) is 6.85 Å². The van der Waals surface area contributed by atoms with Crippen molar-refractivity contribution >= 4 is 0 Å². The Bertz CT molecular complexity index is 372. The Kier molecular flexibility index (Phi) is 0.913. The van der Waals surface area contributed by atoms with Gasteiger partial charge in [-0.3, -0.25) is 4.68 Å². The van der Waals surface area contributed by atoms with Gasteiger partial charge in [-0.15, -0.1) is 0 Å². The van der Waals surface area contributed by atoms with E-state index >= 15 is 0 Å². The molecule has 0 N–H and O–H groups in total. The molecule has 0 unspecified atom stereocenters. The molecule has 0 aromatic carbocycles. The molecule has 0 aliphatic rings. The predicted molar refractivity (Wildman–Crippen MR) is 46.6 cm³/mol. The lowest BCUT2D eigenvalue weighted by molar-refractivity contribution is 0.498. The van der Waals surface area contributed by atoms with Crippen LogP contribution in [0.15, 0.2) is 12.3 Å². The van der Waals surface area contributed by atoms with Gasteiger partial charge >= 0.3 is 0 Å². The van der Waals surface area contributed by atoms with Crippen molar-refractivity contribution in [3.8, 4) is 0 Å². The summed E-state index contributed by atoms with van der Waals surface area (Å²) in [7, 11) is 0. The molecule has 1 aromatic heterocycles. The number of nitrogens with zero attached hydrogens (tertiary/aromatic N) is 2. The van der Waals surface area contributed by atoms with Crippen molar-refractivity contribution in [2.45, 2.75) is 39.5 Å². The zero-order valence-electron chi connectivity index (χ0n) is 12.0. The molecule has 0 atom stereocenters. The van der Waals surface area contributed by atoms with Crippen LogP contribution in [0.3, 0.4) is 0 Å². The maximum Gasteiger partial charge on any atom is 0.0513 e. The second-order valence-corrected chi connectivity index (χ2v) is 3.49. The smallest absolute Gasteiger partial charge is 0.0513 e. The molecule has 0 amide bonds. The Labute approximate surface area is 75.3 Å². The summed E-state index contributed by atoms with van der Waals surface area (Å²) in [6.45, 7) is 0.431. The summed E-state index contributed by atoms with van der Waals surface area (Å²) in [5, 5.41) is 3.80. The van der Waals surface area contributed by atoms with Crippen LogP contribution >= 0.6 is 0 Å². The minimum absolute atomic E-state index is 0.352. The molecule has 2 heteroatoms. The Hall–Kier alpha value is -0.790. The van der Waals surface area contributed by atoms with Crippen molar-refractivity contribution < 1.29 is 6.85 Å². The van der Waals surface area contributed by atoms with Gasteiger partial charge in [0.25, 0.3) is 0 Å². The fourth-order valence-corrected chi connectivity index (χ4v) is 0.960. The van der Waals surface area contributed by atoms with Gasteiger partial charge in [-0.05, 0) is 12.9 Å². The Morgan fingerprint density at radius 1 is 1.73 bits per heavy atom. The minimum atomic E-state index is -2.74. The van der Waals surface area contributed by atoms with E-state index in [0.717, 1.165) is 4.68 Å². The first-order valence-electron chi connectivity index (χ1n) is 6.03. The zero-order chi connectivity index (χ0) is 12.8. The van der Waals surface area contributed by atoms with Crippen LogP contribution in [-0.2, 0) is 11.9 Å². The first kappa shape index (κ1) is 3.74. The van der Waals surface area contributed by atoms with E-state index in [9.17, 15) is 0 Å². The summed E-state index contributed by atoms with van der Waals surface area (Å²) in [5.74, 6) is 0. The van der Waals surface area contributed by atoms with Crippen molar-refractivity contribution in [3.63, 3.8) is 0 Å². The molecule has 2 nitrogen and oxygen atoms in total. The summed E-state index contributed by atoms with van der Waals surface area (Å²) in [6.07, 6.45) is 1.42. The van der Waals surface area contributed by atoms with E-state index in [-0.39, 0.29) is 5.41 Å². The van der Waals surface area contributed by atoms with Gasteiger partial charge in [-0.25, -0.2) is 0 Å². The van der Waals surface area contributed by atoms with E-state index in [0.29, 0.717) is 5.69 Å². The largest absolute Gasteiger partial charge is 0.269 e. The first-order chi connectivity index (χ1) is 6.98. The topological polar surface area (TPSA) is 17.8 Å². The van der Waals surface area contributed by atoms with Gasteiger partial charge in [0.05, 0.1) is 2.74 Å². The van der Waals surface area contributed by atoms with Crippen LogP contribution in [0.4, 0.5) is 0 Å². The molecule has 62 valence electrons. The van der Waals surface area contributed by atoms with Crippen molar-refractivity contribution in [1.82, 2.24) is 9.78 Å². The van der Waals surface area contributed by atoms with Gasteiger partial charge in [0, 0.05) is 27.9 Å². The molecule has 11 heavy (non-hydrogen) atoms. The van der Waals surface area contributed by atoms with Crippen molar-refractivity contribution in [2.24, 2.45) is 0 Å². The van der Waals surface area contributed by atoms with E-state index in [1.807, 2.05) is 20.8 Å². The first-order valence-corrected chi connectivity index (χ1v) is 3.53. The third kappa shape index (κ3) is 1.62. The van der Waals surface area contributed by atoms with Crippen LogP contribution in [0.1, 0.15) is 40.2 Å². The van der Waals surface area contributed by atoms with Crippen LogP contribution in [0.25, 0.3) is 0 Å². The van der Waals surface area contributed by atoms with Gasteiger partial charge in [-0.2, -0.15) is 5.10 Å². The molecular formula is C9H16N2. The number of aryl methyl sites for hydroxylation is 1. The van der Waals surface area contributed by atoms with Gasteiger partial charge in [0.2, 0.25) is 0 Å². The summed E-state index contributed by atoms with van der Waals surface area (Å²) >= 11 is 0. The molecule has 1 heterocycles. The summed E-state index contributed by atoms with van der Waals surface area (Å²) in [6, 6.07) is 1.64. The Morgan fingerprint density at radius 2 is 2.45 bits per heavy atom. The third-order valence-corrected chi connectivity index (χ3v) is 1.52. The van der Waals surface area contributed by atoms with Crippen LogP contribution in [0.5, 0.6) is 0 Å². The normalized spacial score (nSPS) is 21.2. The van der Waals surface area contributed by atoms with E-state index < -0.39 is 13.3 Å². The highest BCUT2D eigenvalue weighted by Gasteiger charge is 2.17. The lowest BCUT2D eigenvalue weighted by Crippen LogP contribution is -2.17. The van der Waals surface area contributed by atoms with Gasteiger partial charge < -0.3 is 0 Å². The molecule has 0 fully saturated rings. The fourth-order valence-electron chi connectivity index (χ4n) is 0.960. The van der Waals surface area contributed by atoms with Gasteiger partial charge in [-0.1, -0.05) is 20.8 Å². The van der Waals surface area contributed by atoms with Crippen LogP contribution in [0.2, 0.25) is 0 Å². The monoisotopic (exact) mass is 157 g/mol. The molecule has 0 aliphatic carbocycles. The molecule has 0 saturated carbocycles. The SMILES string of the molecule is [2H]C([2H])([2H])C([2H])([2H])n1nccc1C(C)(C)C. The standard InChI is InChI=1S/C9H16N2/c1-5-11-8(6-7-10-11)9(2,3)4/h6-7H,5H2,1-4H3/i1D3,5D2. The third-order valence-electron chi connectivity index (χ3n) is 1.52. The predicted octanol–water partition coefficient (Wildman–Crippen LogP) is 2.20. The average molecular weight is 157 g/mol. The summed E-state index contributed by atoms with van der Waals surface area (Å²) in [5.41, 5.74) is 0.211. The number of aromatic nitrogens is 2. The summed E-state index contributed by atoms with van der Waals surface area (Å²) < 4.78 is 37.9. The quantitative estimate of drug-likeness (QED) is 0.611. The molecule has 1 aromatic rings. The summed E-state index contributed by atoms with van der Waals surface area (Å²) in [4.78, 5) is 0. The number of hydrogen-bond acceptors (Lipinski definition) is 1. The maximum absolute atomic E-state index is 7.66. The molecule has 1 rings (SSSR count). The second kappa shape index (κ2) is 2.68. The lowest BCUT2D eigenvalue weighted by Gasteiger charge is -2.19. The number of rotatable bonds is 1. The fraction of sp³-hybridized carbons (Fsp3) is 0.667. The van der Waals surface area contributed by atoms with Gasteiger partial charge in [0.1, 0.15) is 0 Å². The molecular weight excluding hydrogens is 136 g/mol. The number of hydrogen-bond donors (Lipinski definition) is 0. The van der Waals surface area contributed by atoms with E-state index in [2.05, 4.69) is 5.10 Å². The van der Waals surface area contributed by atoms with Crippen LogP contribution in [-0.4, -0.2) is 9.78 Å². The Balaban J connectivity index is 3.31. The van der Waals surface area contributed by atoms with Crippen LogP contribution in [0, 0.1) is 0 Å². The molecule has 0 aliphatic heterocycles. The minimum Gasteiger partial charge on any atom is -0.269 e. The van der Waals surface area contributed by atoms with Crippen LogP contribution < -0.4 is 0 Å². The van der Waals surface area contributed by atoms with Crippen molar-refractivity contribution in [3.05, 3.63) is 18.0 Å². The van der Waals surface area contributed by atoms with E-state index in [1.165, 1.54) is 6.20 Å². The van der Waals surface area contributed by atoms with Crippen molar-refractivity contribution in [1.29, 1.82) is 0 Å². The maximum atomic E-state index is 7.66. The molecule has 0 bridgehead atoms. The van der Waals surface area contributed by atoms with Gasteiger partial charge in [0.15, 0.2) is 0 Å².